The van der Waals surface area contributed by atoms with E-state index in [0.29, 0.717) is 26.1 Å². The first-order valence-electron chi connectivity index (χ1n) is 18.3. The van der Waals surface area contributed by atoms with Crippen molar-refractivity contribution in [2.45, 2.75) is 65.5 Å². The normalized spacial score (nSPS) is 15.2. The maximum Gasteiger partial charge on any atom is 0.259 e. The lowest BCUT2D eigenvalue weighted by Gasteiger charge is -2.36. The zero-order valence-electron chi connectivity index (χ0n) is 32.0. The van der Waals surface area contributed by atoms with Gasteiger partial charge in [0.1, 0.15) is 14.1 Å². The summed E-state index contributed by atoms with van der Waals surface area (Å²) in [6.07, 6.45) is 11.2. The van der Waals surface area contributed by atoms with Gasteiger partial charge in [0, 0.05) is 82.3 Å². The van der Waals surface area contributed by atoms with E-state index in [9.17, 15) is 4.79 Å². The second kappa shape index (κ2) is 19.7. The minimum absolute atomic E-state index is 0.211. The van der Waals surface area contributed by atoms with Crippen molar-refractivity contribution >= 4 is 37.1 Å². The van der Waals surface area contributed by atoms with Crippen LogP contribution in [-0.2, 0) is 13.8 Å². The Hall–Kier alpha value is -3.80. The molecule has 0 N–H and O–H groups in total. The first-order chi connectivity index (χ1) is 24.5. The summed E-state index contributed by atoms with van der Waals surface area (Å²) in [5.41, 5.74) is 8.27. The Morgan fingerprint density at radius 2 is 1.41 bits per heavy atom. The quantitative estimate of drug-likeness (QED) is 0.101. The van der Waals surface area contributed by atoms with Gasteiger partial charge in [-0.3, -0.25) is 4.79 Å². The molecule has 10 heteroatoms. The van der Waals surface area contributed by atoms with Gasteiger partial charge in [0.2, 0.25) is 5.91 Å². The lowest BCUT2D eigenvalue weighted by molar-refractivity contribution is -0.462. The highest BCUT2D eigenvalue weighted by Gasteiger charge is 2.27. The van der Waals surface area contributed by atoms with E-state index in [-0.39, 0.29) is 18.0 Å². The number of benzene rings is 2. The standard InChI is InChI=1S/C41H58N6O3P/c1-32(2)47(33(3)4)51(50-31-11-25-42)49-30-10-9-12-40(48)46-28-26-45(27-29-46)39-23-17-36(18-24-39)41(34-13-19-37(20-14-34)43(5)6)35-15-21-38(22-16-35)44(7)8/h13-24,32-33H,9-12,26-31H2,1-8H3/q+1. The fourth-order valence-electron chi connectivity index (χ4n) is 6.40. The van der Waals surface area contributed by atoms with Crippen LogP contribution in [0.3, 0.4) is 0 Å². The molecule has 1 heterocycles. The highest BCUT2D eigenvalue weighted by Crippen LogP contribution is 2.46. The van der Waals surface area contributed by atoms with Crippen LogP contribution in [0.4, 0.5) is 11.4 Å². The number of carbonyl (C=O) groups excluding carboxylic acids is 1. The third-order valence-electron chi connectivity index (χ3n) is 9.15. The minimum Gasteiger partial charge on any atom is -0.378 e. The van der Waals surface area contributed by atoms with Crippen LogP contribution in [0.2, 0.25) is 0 Å². The molecule has 2 aromatic rings. The van der Waals surface area contributed by atoms with Gasteiger partial charge in [-0.05, 0) is 99.2 Å². The number of amides is 1. The van der Waals surface area contributed by atoms with Gasteiger partial charge in [0.25, 0.3) is 8.53 Å². The number of nitriles is 1. The van der Waals surface area contributed by atoms with E-state index < -0.39 is 8.53 Å². The average Bonchev–Trinajstić information content (AvgIpc) is 3.12. The van der Waals surface area contributed by atoms with Gasteiger partial charge in [0.05, 0.1) is 25.7 Å². The zero-order chi connectivity index (χ0) is 36.9. The van der Waals surface area contributed by atoms with Crippen LogP contribution < -0.4 is 9.80 Å². The Balaban J connectivity index is 1.32. The molecule has 1 unspecified atom stereocenters. The molecule has 2 aromatic carbocycles. The number of carbonyl (C=O) groups is 1. The molecule has 1 aliphatic carbocycles. The van der Waals surface area contributed by atoms with Gasteiger partial charge < -0.3 is 23.7 Å². The second-order valence-electron chi connectivity index (χ2n) is 14.0. The maximum absolute atomic E-state index is 13.1. The number of allylic oxidation sites excluding steroid dienone is 5. The number of anilines is 2. The Morgan fingerprint density at radius 3 is 1.94 bits per heavy atom. The molecule has 274 valence electrons. The fraction of sp³-hybridized carbons (Fsp3) is 0.488. The van der Waals surface area contributed by atoms with Crippen LogP contribution in [0.5, 0.6) is 0 Å². The third kappa shape index (κ3) is 11.3. The summed E-state index contributed by atoms with van der Waals surface area (Å²) in [4.78, 5) is 19.6. The van der Waals surface area contributed by atoms with E-state index in [0.717, 1.165) is 39.0 Å². The number of rotatable bonds is 16. The van der Waals surface area contributed by atoms with Gasteiger partial charge in [-0.25, -0.2) is 9.25 Å². The molecule has 2 aliphatic rings. The number of unbranched alkanes of at least 4 members (excludes halogenated alkanes) is 1. The van der Waals surface area contributed by atoms with Crippen LogP contribution in [0.15, 0.2) is 78.4 Å². The van der Waals surface area contributed by atoms with Crippen molar-refractivity contribution < 1.29 is 18.4 Å². The summed E-state index contributed by atoms with van der Waals surface area (Å²) >= 11 is 0. The Morgan fingerprint density at radius 1 is 0.843 bits per heavy atom. The predicted molar refractivity (Wildman–Crippen MR) is 212 cm³/mol. The summed E-state index contributed by atoms with van der Waals surface area (Å²) in [6.45, 7) is 12.5. The molecule has 0 aromatic heterocycles. The summed E-state index contributed by atoms with van der Waals surface area (Å²) in [5.74, 6) is 0.211. The van der Waals surface area contributed by atoms with Crippen molar-refractivity contribution in [3.8, 4) is 6.07 Å². The minimum atomic E-state index is -1.25. The summed E-state index contributed by atoms with van der Waals surface area (Å²) < 4.78 is 16.5. The molecule has 51 heavy (non-hydrogen) atoms. The number of hydrogen-bond donors (Lipinski definition) is 0. The van der Waals surface area contributed by atoms with Gasteiger partial charge in [-0.15, -0.1) is 0 Å². The summed E-state index contributed by atoms with van der Waals surface area (Å²) in [5, 5.41) is 8.93. The molecule has 1 amide bonds. The van der Waals surface area contributed by atoms with E-state index in [2.05, 4.69) is 154 Å². The molecule has 0 spiro atoms. The summed E-state index contributed by atoms with van der Waals surface area (Å²) in [6, 6.07) is 20.3. The number of piperazine rings is 1. The first kappa shape index (κ1) is 40.0. The van der Waals surface area contributed by atoms with Crippen molar-refractivity contribution in [1.82, 2.24) is 9.57 Å². The van der Waals surface area contributed by atoms with Crippen LogP contribution in [0.1, 0.15) is 64.5 Å². The highest BCUT2D eigenvalue weighted by atomic mass is 31.2. The Kier molecular flexibility index (Phi) is 15.5. The summed E-state index contributed by atoms with van der Waals surface area (Å²) in [7, 11) is 7.01. The molecule has 0 saturated carbocycles. The van der Waals surface area contributed by atoms with Gasteiger partial charge in [-0.1, -0.05) is 24.3 Å². The highest BCUT2D eigenvalue weighted by molar-refractivity contribution is 7.44. The molecule has 1 saturated heterocycles. The van der Waals surface area contributed by atoms with Crippen molar-refractivity contribution in [1.29, 1.82) is 5.26 Å². The molecular formula is C41H58N6O3P+. The van der Waals surface area contributed by atoms with Crippen molar-refractivity contribution in [2.75, 3.05) is 77.4 Å². The van der Waals surface area contributed by atoms with Crippen LogP contribution in [-0.4, -0.2) is 105 Å². The molecule has 1 atom stereocenters. The fourth-order valence-corrected chi connectivity index (χ4v) is 8.03. The molecule has 1 fully saturated rings. The molecule has 0 radical (unpaired) electrons. The first-order valence-corrected chi connectivity index (χ1v) is 19.4. The van der Waals surface area contributed by atoms with Crippen molar-refractivity contribution in [2.24, 2.45) is 0 Å². The predicted octanol–water partition coefficient (Wildman–Crippen LogP) is 7.51. The third-order valence-corrected chi connectivity index (χ3v) is 11.3. The Bertz CT molecular complexity index is 1570. The number of nitrogens with zero attached hydrogens (tertiary/aromatic N) is 6. The molecular weight excluding hydrogens is 655 g/mol. The lowest BCUT2D eigenvalue weighted by Crippen LogP contribution is -2.48. The number of hydrogen-bond acceptors (Lipinski definition) is 7. The molecule has 0 bridgehead atoms. The van der Waals surface area contributed by atoms with Gasteiger partial charge in [-0.2, -0.15) is 5.26 Å². The largest absolute Gasteiger partial charge is 0.378 e. The van der Waals surface area contributed by atoms with Crippen LogP contribution in [0.25, 0.3) is 5.57 Å². The van der Waals surface area contributed by atoms with E-state index in [1.54, 1.807) is 0 Å². The van der Waals surface area contributed by atoms with Crippen LogP contribution in [0, 0.1) is 11.3 Å². The van der Waals surface area contributed by atoms with Gasteiger partial charge in [0.15, 0.2) is 5.71 Å². The SMILES string of the molecule is CC(C)N(C(C)C)P(OCCC#N)OCCCCC(=O)N1CCN(c2ccc(C(=C3C=CC(=[N+](C)C)C=C3)c3ccc(N(C)C)cc3)cc2)CC1. The topological polar surface area (TPSA) is 75.3 Å². The lowest BCUT2D eigenvalue weighted by atomic mass is 9.90. The van der Waals surface area contributed by atoms with Gasteiger partial charge >= 0.3 is 0 Å². The molecule has 1 aliphatic heterocycles. The average molecular weight is 714 g/mol. The van der Waals surface area contributed by atoms with Crippen molar-refractivity contribution in [3.63, 3.8) is 0 Å². The Labute approximate surface area is 308 Å². The van der Waals surface area contributed by atoms with E-state index >= 15 is 0 Å². The maximum atomic E-state index is 13.1. The van der Waals surface area contributed by atoms with E-state index in [1.807, 2.05) is 4.90 Å². The monoisotopic (exact) mass is 713 g/mol. The molecule has 4 rings (SSSR count). The van der Waals surface area contributed by atoms with Crippen molar-refractivity contribution in [3.05, 3.63) is 89.5 Å². The van der Waals surface area contributed by atoms with E-state index in [4.69, 9.17) is 14.3 Å². The molecule has 9 nitrogen and oxygen atoms in total. The second-order valence-corrected chi connectivity index (χ2v) is 15.5. The van der Waals surface area contributed by atoms with Crippen LogP contribution >= 0.6 is 8.53 Å². The smallest absolute Gasteiger partial charge is 0.259 e. The van der Waals surface area contributed by atoms with E-state index in [1.165, 1.54) is 39.4 Å². The zero-order valence-corrected chi connectivity index (χ0v) is 32.9.